The topological polar surface area (TPSA) is 59.1 Å². The summed E-state index contributed by atoms with van der Waals surface area (Å²) in [5, 5.41) is 6.70. The molecule has 1 saturated carbocycles. The molecule has 1 heterocycles. The zero-order valence-corrected chi connectivity index (χ0v) is 12.1. The summed E-state index contributed by atoms with van der Waals surface area (Å²) in [6, 6.07) is 1.97. The molecule has 1 fully saturated rings. The predicted molar refractivity (Wildman–Crippen MR) is 77.3 cm³/mol. The summed E-state index contributed by atoms with van der Waals surface area (Å²) in [4.78, 5) is 8.90. The van der Waals surface area contributed by atoms with Crippen LogP contribution in [0, 0.1) is 11.8 Å². The van der Waals surface area contributed by atoms with E-state index in [2.05, 4.69) is 34.4 Å². The van der Waals surface area contributed by atoms with E-state index in [0.29, 0.717) is 6.61 Å². The van der Waals surface area contributed by atoms with Crippen molar-refractivity contribution < 1.29 is 4.74 Å². The molecule has 106 valence electrons. The molecule has 0 bridgehead atoms. The average molecular weight is 264 g/mol. The van der Waals surface area contributed by atoms with Crippen LogP contribution in [0.25, 0.3) is 0 Å². The number of hydrogen-bond donors (Lipinski definition) is 2. The van der Waals surface area contributed by atoms with Crippen LogP contribution in [0.5, 0.6) is 0 Å². The number of ether oxygens (including phenoxy) is 1. The smallest absolute Gasteiger partial charge is 0.158 e. The molecule has 5 nitrogen and oxygen atoms in total. The summed E-state index contributed by atoms with van der Waals surface area (Å²) >= 11 is 0. The van der Waals surface area contributed by atoms with E-state index in [0.717, 1.165) is 48.8 Å². The Balaban J connectivity index is 1.99. The lowest BCUT2D eigenvalue weighted by molar-refractivity contribution is 0.178. The Morgan fingerprint density at radius 1 is 1.32 bits per heavy atom. The molecule has 0 amide bonds. The van der Waals surface area contributed by atoms with Gasteiger partial charge < -0.3 is 15.4 Å². The number of rotatable bonds is 8. The van der Waals surface area contributed by atoms with E-state index in [1.54, 1.807) is 7.11 Å². The molecule has 0 aliphatic heterocycles. The minimum atomic E-state index is 0.441. The van der Waals surface area contributed by atoms with Crippen molar-refractivity contribution in [2.24, 2.45) is 11.8 Å². The Kier molecular flexibility index (Phi) is 4.96. The van der Waals surface area contributed by atoms with Crippen LogP contribution < -0.4 is 10.6 Å². The third-order valence-electron chi connectivity index (χ3n) is 3.42. The number of nitrogens with zero attached hydrogens (tertiary/aromatic N) is 2. The first-order valence-electron chi connectivity index (χ1n) is 7.07. The van der Waals surface area contributed by atoms with Gasteiger partial charge in [-0.2, -0.15) is 0 Å². The SMILES string of the molecule is CCCNc1cc(NCC2CC2C)nc(COC)n1. The molecule has 1 aromatic rings. The standard InChI is InChI=1S/C14H24N4O/c1-4-5-15-12-7-13(16-8-11-6-10(11)2)18-14(17-12)9-19-3/h7,10-11H,4-6,8-9H2,1-3H3,(H2,15,16,17,18). The van der Waals surface area contributed by atoms with Crippen molar-refractivity contribution in [3.63, 3.8) is 0 Å². The van der Waals surface area contributed by atoms with Gasteiger partial charge in [0.2, 0.25) is 0 Å². The van der Waals surface area contributed by atoms with Crippen molar-refractivity contribution in [2.75, 3.05) is 30.8 Å². The summed E-state index contributed by atoms with van der Waals surface area (Å²) in [7, 11) is 1.66. The van der Waals surface area contributed by atoms with Crippen LogP contribution in [-0.2, 0) is 11.3 Å². The second kappa shape index (κ2) is 6.70. The molecular formula is C14H24N4O. The van der Waals surface area contributed by atoms with Crippen molar-refractivity contribution in [1.82, 2.24) is 9.97 Å². The second-order valence-corrected chi connectivity index (χ2v) is 5.27. The van der Waals surface area contributed by atoms with E-state index < -0.39 is 0 Å². The fourth-order valence-corrected chi connectivity index (χ4v) is 2.04. The average Bonchev–Trinajstić information content (AvgIpc) is 3.10. The largest absolute Gasteiger partial charge is 0.377 e. The van der Waals surface area contributed by atoms with Crippen LogP contribution in [-0.4, -0.2) is 30.2 Å². The number of hydrogen-bond acceptors (Lipinski definition) is 5. The van der Waals surface area contributed by atoms with Gasteiger partial charge in [0.25, 0.3) is 0 Å². The number of methoxy groups -OCH3 is 1. The molecule has 19 heavy (non-hydrogen) atoms. The highest BCUT2D eigenvalue weighted by atomic mass is 16.5. The first-order valence-corrected chi connectivity index (χ1v) is 7.07. The minimum Gasteiger partial charge on any atom is -0.377 e. The molecule has 1 aromatic heterocycles. The fourth-order valence-electron chi connectivity index (χ4n) is 2.04. The Labute approximate surface area is 115 Å². The summed E-state index contributed by atoms with van der Waals surface area (Å²) in [6.45, 7) is 6.78. The first-order chi connectivity index (χ1) is 9.22. The molecule has 5 heteroatoms. The molecular weight excluding hydrogens is 240 g/mol. The van der Waals surface area contributed by atoms with Gasteiger partial charge >= 0.3 is 0 Å². The Hall–Kier alpha value is -1.36. The highest BCUT2D eigenvalue weighted by Crippen LogP contribution is 2.37. The number of aromatic nitrogens is 2. The molecule has 2 atom stereocenters. The zero-order valence-electron chi connectivity index (χ0n) is 12.1. The summed E-state index contributed by atoms with van der Waals surface area (Å²) in [5.74, 6) is 4.13. The molecule has 2 rings (SSSR count). The van der Waals surface area contributed by atoms with Crippen molar-refractivity contribution in [3.8, 4) is 0 Å². The lowest BCUT2D eigenvalue weighted by Gasteiger charge is -2.10. The predicted octanol–water partition coefficient (Wildman–Crippen LogP) is 2.51. The van der Waals surface area contributed by atoms with E-state index in [-0.39, 0.29) is 0 Å². The highest BCUT2D eigenvalue weighted by Gasteiger charge is 2.31. The van der Waals surface area contributed by atoms with Crippen molar-refractivity contribution in [1.29, 1.82) is 0 Å². The van der Waals surface area contributed by atoms with Gasteiger partial charge in [-0.3, -0.25) is 0 Å². The van der Waals surface area contributed by atoms with Crippen LogP contribution in [0.4, 0.5) is 11.6 Å². The van der Waals surface area contributed by atoms with E-state index in [1.807, 2.05) is 6.07 Å². The number of nitrogens with one attached hydrogen (secondary N) is 2. The van der Waals surface area contributed by atoms with Crippen LogP contribution in [0.1, 0.15) is 32.5 Å². The van der Waals surface area contributed by atoms with Gasteiger partial charge in [0, 0.05) is 26.3 Å². The molecule has 0 spiro atoms. The van der Waals surface area contributed by atoms with Crippen molar-refractivity contribution in [3.05, 3.63) is 11.9 Å². The van der Waals surface area contributed by atoms with Crippen molar-refractivity contribution >= 4 is 11.6 Å². The maximum atomic E-state index is 5.12. The Morgan fingerprint density at radius 3 is 2.58 bits per heavy atom. The molecule has 1 aliphatic rings. The van der Waals surface area contributed by atoms with Gasteiger partial charge in [-0.1, -0.05) is 13.8 Å². The lowest BCUT2D eigenvalue weighted by Crippen LogP contribution is -2.11. The third-order valence-corrected chi connectivity index (χ3v) is 3.42. The maximum Gasteiger partial charge on any atom is 0.158 e. The van der Waals surface area contributed by atoms with Crippen LogP contribution in [0.3, 0.4) is 0 Å². The van der Waals surface area contributed by atoms with Gasteiger partial charge in [0.05, 0.1) is 0 Å². The summed E-state index contributed by atoms with van der Waals surface area (Å²) in [5.41, 5.74) is 0. The van der Waals surface area contributed by atoms with E-state index in [4.69, 9.17) is 4.74 Å². The minimum absolute atomic E-state index is 0.441. The summed E-state index contributed by atoms with van der Waals surface area (Å²) in [6.07, 6.45) is 2.40. The third kappa shape index (κ3) is 4.35. The number of anilines is 2. The van der Waals surface area contributed by atoms with Gasteiger partial charge in [-0.25, -0.2) is 9.97 Å². The van der Waals surface area contributed by atoms with Crippen LogP contribution in [0.15, 0.2) is 6.07 Å². The van der Waals surface area contributed by atoms with Gasteiger partial charge in [0.1, 0.15) is 18.2 Å². The van der Waals surface area contributed by atoms with E-state index in [9.17, 15) is 0 Å². The lowest BCUT2D eigenvalue weighted by atomic mass is 10.3. The van der Waals surface area contributed by atoms with Gasteiger partial charge in [0.15, 0.2) is 5.82 Å². The molecule has 2 N–H and O–H groups in total. The fraction of sp³-hybridized carbons (Fsp3) is 0.714. The van der Waals surface area contributed by atoms with Crippen LogP contribution >= 0.6 is 0 Å². The highest BCUT2D eigenvalue weighted by molar-refractivity contribution is 5.47. The molecule has 0 aromatic carbocycles. The maximum absolute atomic E-state index is 5.12. The van der Waals surface area contributed by atoms with E-state index in [1.165, 1.54) is 6.42 Å². The summed E-state index contributed by atoms with van der Waals surface area (Å²) < 4.78 is 5.12. The molecule has 0 radical (unpaired) electrons. The molecule has 2 unspecified atom stereocenters. The second-order valence-electron chi connectivity index (χ2n) is 5.27. The van der Waals surface area contributed by atoms with Crippen molar-refractivity contribution in [2.45, 2.75) is 33.3 Å². The monoisotopic (exact) mass is 264 g/mol. The van der Waals surface area contributed by atoms with Crippen LogP contribution in [0.2, 0.25) is 0 Å². The Morgan fingerprint density at radius 2 is 2.00 bits per heavy atom. The van der Waals surface area contributed by atoms with E-state index >= 15 is 0 Å². The zero-order chi connectivity index (χ0) is 13.7. The quantitative estimate of drug-likeness (QED) is 0.755. The first kappa shape index (κ1) is 14.1. The normalized spacial score (nSPS) is 21.2. The Bertz CT molecular complexity index is 410. The molecule has 1 aliphatic carbocycles. The van der Waals surface area contributed by atoms with Gasteiger partial charge in [-0.15, -0.1) is 0 Å². The van der Waals surface area contributed by atoms with Gasteiger partial charge in [-0.05, 0) is 24.7 Å². The molecule has 0 saturated heterocycles.